The fraction of sp³-hybridized carbons (Fsp3) is 0.500. The average Bonchev–Trinajstić information content (AvgIpc) is 2.80. The van der Waals surface area contributed by atoms with Crippen LogP contribution >= 0.6 is 0 Å². The van der Waals surface area contributed by atoms with Gasteiger partial charge in [0.05, 0.1) is 0 Å². The zero-order valence-electron chi connectivity index (χ0n) is 11.0. The summed E-state index contributed by atoms with van der Waals surface area (Å²) in [5, 5.41) is 6.02. The minimum atomic E-state index is -0.0710. The van der Waals surface area contributed by atoms with Gasteiger partial charge in [-0.2, -0.15) is 0 Å². The second-order valence-corrected chi connectivity index (χ2v) is 4.45. The number of carbonyl (C=O) groups excluding carboxylic acids is 1. The molecule has 0 saturated heterocycles. The van der Waals surface area contributed by atoms with Crippen molar-refractivity contribution in [3.63, 3.8) is 0 Å². The molecule has 0 heterocycles. The fourth-order valence-electron chi connectivity index (χ4n) is 2.45. The van der Waals surface area contributed by atoms with Crippen LogP contribution in [-0.4, -0.2) is 26.1 Å². The van der Waals surface area contributed by atoms with Crippen LogP contribution in [0.2, 0.25) is 0 Å². The number of benzene rings is 1. The molecule has 2 N–H and O–H groups in total. The third-order valence-electron chi connectivity index (χ3n) is 3.31. The van der Waals surface area contributed by atoms with Crippen molar-refractivity contribution in [3.8, 4) is 5.75 Å². The van der Waals surface area contributed by atoms with Crippen molar-refractivity contribution < 1.29 is 9.53 Å². The molecule has 1 aliphatic carbocycles. The molecule has 4 heteroatoms. The summed E-state index contributed by atoms with van der Waals surface area (Å²) in [5.74, 6) is 0.773. The quantitative estimate of drug-likeness (QED) is 0.828. The van der Waals surface area contributed by atoms with Gasteiger partial charge < -0.3 is 15.4 Å². The molecule has 0 spiro atoms. The van der Waals surface area contributed by atoms with Crippen LogP contribution in [0.3, 0.4) is 0 Å². The topological polar surface area (TPSA) is 50.4 Å². The van der Waals surface area contributed by atoms with E-state index in [1.807, 2.05) is 26.1 Å². The summed E-state index contributed by atoms with van der Waals surface area (Å²) in [4.78, 5) is 11.4. The van der Waals surface area contributed by atoms with Crippen molar-refractivity contribution in [1.29, 1.82) is 0 Å². The Labute approximate surface area is 108 Å². The van der Waals surface area contributed by atoms with Gasteiger partial charge in [0, 0.05) is 12.6 Å². The normalized spacial score (nSPS) is 17.3. The lowest BCUT2D eigenvalue weighted by molar-refractivity contribution is -0.122. The van der Waals surface area contributed by atoms with E-state index in [4.69, 9.17) is 4.74 Å². The first kappa shape index (κ1) is 12.9. The first-order valence-electron chi connectivity index (χ1n) is 6.44. The molecule has 0 fully saturated rings. The highest BCUT2D eigenvalue weighted by atomic mass is 16.5. The molecule has 1 atom stereocenters. The molecule has 1 amide bonds. The van der Waals surface area contributed by atoms with Crippen LogP contribution in [0.5, 0.6) is 5.75 Å². The molecule has 0 aromatic heterocycles. The predicted molar refractivity (Wildman–Crippen MR) is 70.7 cm³/mol. The molecule has 1 aromatic carbocycles. The highest BCUT2D eigenvalue weighted by molar-refractivity contribution is 5.77. The molecular weight excluding hydrogens is 228 g/mol. The van der Waals surface area contributed by atoms with Crippen LogP contribution < -0.4 is 15.4 Å². The van der Waals surface area contributed by atoms with Gasteiger partial charge in [-0.3, -0.25) is 4.79 Å². The number of amides is 1. The molecule has 1 aromatic rings. The Morgan fingerprint density at radius 3 is 3.06 bits per heavy atom. The highest BCUT2D eigenvalue weighted by Crippen LogP contribution is 2.36. The Balaban J connectivity index is 2.06. The van der Waals surface area contributed by atoms with Crippen molar-refractivity contribution in [3.05, 3.63) is 29.3 Å². The first-order chi connectivity index (χ1) is 8.76. The zero-order valence-corrected chi connectivity index (χ0v) is 11.0. The number of likely N-dealkylation sites (N-methyl/N-ethyl adjacent to an activating group) is 1. The van der Waals surface area contributed by atoms with E-state index in [0.29, 0.717) is 12.6 Å². The molecule has 4 nitrogen and oxygen atoms in total. The van der Waals surface area contributed by atoms with Crippen molar-refractivity contribution in [2.45, 2.75) is 25.8 Å². The minimum absolute atomic E-state index is 0.0710. The number of carbonyl (C=O) groups is 1. The van der Waals surface area contributed by atoms with Gasteiger partial charge in [-0.25, -0.2) is 0 Å². The summed E-state index contributed by atoms with van der Waals surface area (Å²) in [6.07, 6.45) is 2.10. The van der Waals surface area contributed by atoms with Gasteiger partial charge in [-0.1, -0.05) is 12.1 Å². The number of fused-ring (bicyclic) bond motifs is 1. The van der Waals surface area contributed by atoms with Crippen LogP contribution in [0.15, 0.2) is 18.2 Å². The maximum Gasteiger partial charge on any atom is 0.257 e. The smallest absolute Gasteiger partial charge is 0.257 e. The lowest BCUT2D eigenvalue weighted by Crippen LogP contribution is -2.28. The second-order valence-electron chi connectivity index (χ2n) is 4.45. The first-order valence-corrected chi connectivity index (χ1v) is 6.44. The Hall–Kier alpha value is -1.55. The summed E-state index contributed by atoms with van der Waals surface area (Å²) in [6, 6.07) is 6.47. The van der Waals surface area contributed by atoms with Crippen molar-refractivity contribution in [1.82, 2.24) is 10.6 Å². The molecule has 2 rings (SSSR count). The number of rotatable bonds is 5. The summed E-state index contributed by atoms with van der Waals surface area (Å²) >= 11 is 0. The molecule has 0 bridgehead atoms. The van der Waals surface area contributed by atoms with Crippen molar-refractivity contribution in [2.24, 2.45) is 0 Å². The Morgan fingerprint density at radius 1 is 1.50 bits per heavy atom. The Bertz CT molecular complexity index is 432. The highest BCUT2D eigenvalue weighted by Gasteiger charge is 2.23. The van der Waals surface area contributed by atoms with E-state index in [2.05, 4.69) is 16.7 Å². The molecule has 98 valence electrons. The molecular formula is C14H20N2O2. The number of ether oxygens (including phenoxy) is 1. The molecule has 1 aliphatic rings. The van der Waals surface area contributed by atoms with E-state index >= 15 is 0 Å². The molecule has 0 saturated carbocycles. The minimum Gasteiger partial charge on any atom is -0.483 e. The predicted octanol–water partition coefficient (Wildman–Crippen LogP) is 1.41. The molecule has 0 radical (unpaired) electrons. The molecule has 18 heavy (non-hydrogen) atoms. The van der Waals surface area contributed by atoms with Gasteiger partial charge in [0.1, 0.15) is 5.75 Å². The van der Waals surface area contributed by atoms with Gasteiger partial charge >= 0.3 is 0 Å². The summed E-state index contributed by atoms with van der Waals surface area (Å²) < 4.78 is 5.62. The third-order valence-corrected chi connectivity index (χ3v) is 3.31. The van der Waals surface area contributed by atoms with E-state index in [1.54, 1.807) is 0 Å². The third kappa shape index (κ3) is 2.64. The van der Waals surface area contributed by atoms with Crippen LogP contribution in [0, 0.1) is 0 Å². The number of nitrogens with one attached hydrogen (secondary N) is 2. The summed E-state index contributed by atoms with van der Waals surface area (Å²) in [7, 11) is 1.97. The van der Waals surface area contributed by atoms with E-state index in [-0.39, 0.29) is 12.5 Å². The van der Waals surface area contributed by atoms with Gasteiger partial charge in [0.2, 0.25) is 0 Å². The SMILES string of the molecule is CCNC(=O)COc1cccc2c1CCC2NC. The van der Waals surface area contributed by atoms with Crippen LogP contribution in [0.25, 0.3) is 0 Å². The maximum atomic E-state index is 11.4. The maximum absolute atomic E-state index is 11.4. The zero-order chi connectivity index (χ0) is 13.0. The van der Waals surface area contributed by atoms with Gasteiger partial charge in [0.15, 0.2) is 6.61 Å². The second kappa shape index (κ2) is 5.87. The van der Waals surface area contributed by atoms with E-state index in [0.717, 1.165) is 18.6 Å². The Morgan fingerprint density at radius 2 is 2.33 bits per heavy atom. The average molecular weight is 248 g/mol. The van der Waals surface area contributed by atoms with E-state index in [1.165, 1.54) is 11.1 Å². The molecule has 1 unspecified atom stereocenters. The lowest BCUT2D eigenvalue weighted by Gasteiger charge is -2.12. The lowest BCUT2D eigenvalue weighted by atomic mass is 10.1. The Kier molecular flexibility index (Phi) is 4.20. The monoisotopic (exact) mass is 248 g/mol. The van der Waals surface area contributed by atoms with Crippen molar-refractivity contribution in [2.75, 3.05) is 20.2 Å². The standard InChI is InChI=1S/C14H20N2O2/c1-3-16-14(17)9-18-13-6-4-5-10-11(13)7-8-12(10)15-2/h4-6,12,15H,3,7-9H2,1-2H3,(H,16,17). The van der Waals surface area contributed by atoms with Crippen LogP contribution in [0.1, 0.15) is 30.5 Å². The molecule has 0 aliphatic heterocycles. The fourth-order valence-corrected chi connectivity index (χ4v) is 2.45. The number of hydrogen-bond donors (Lipinski definition) is 2. The van der Waals surface area contributed by atoms with Gasteiger partial charge in [-0.15, -0.1) is 0 Å². The summed E-state index contributed by atoms with van der Waals surface area (Å²) in [5.41, 5.74) is 2.53. The largest absolute Gasteiger partial charge is 0.483 e. The van der Waals surface area contributed by atoms with Gasteiger partial charge in [-0.05, 0) is 44.0 Å². The van der Waals surface area contributed by atoms with E-state index in [9.17, 15) is 4.79 Å². The van der Waals surface area contributed by atoms with Gasteiger partial charge in [0.25, 0.3) is 5.91 Å². The van der Waals surface area contributed by atoms with E-state index < -0.39 is 0 Å². The number of hydrogen-bond acceptors (Lipinski definition) is 3. The van der Waals surface area contributed by atoms with Crippen LogP contribution in [-0.2, 0) is 11.2 Å². The summed E-state index contributed by atoms with van der Waals surface area (Å²) in [6.45, 7) is 2.63. The van der Waals surface area contributed by atoms with Crippen LogP contribution in [0.4, 0.5) is 0 Å². The van der Waals surface area contributed by atoms with Crippen molar-refractivity contribution >= 4 is 5.91 Å².